The van der Waals surface area contributed by atoms with E-state index in [1.54, 1.807) is 0 Å². The highest BCUT2D eigenvalue weighted by molar-refractivity contribution is 7.99. The Morgan fingerprint density at radius 1 is 1.31 bits per heavy atom. The van der Waals surface area contributed by atoms with Crippen LogP contribution in [-0.2, 0) is 11.3 Å². The van der Waals surface area contributed by atoms with E-state index >= 15 is 0 Å². The molecule has 2 aliphatic heterocycles. The van der Waals surface area contributed by atoms with Crippen molar-refractivity contribution < 1.29 is 4.79 Å². The molecule has 0 bridgehead atoms. The maximum Gasteiger partial charge on any atom is 0.224 e. The van der Waals surface area contributed by atoms with Gasteiger partial charge in [-0.15, -0.1) is 24.8 Å². The van der Waals surface area contributed by atoms with E-state index < -0.39 is 0 Å². The van der Waals surface area contributed by atoms with Gasteiger partial charge < -0.3 is 10.6 Å². The Morgan fingerprint density at radius 2 is 2.08 bits per heavy atom. The third-order valence-electron chi connectivity index (χ3n) is 5.02. The van der Waals surface area contributed by atoms with Crippen molar-refractivity contribution >= 4 is 48.2 Å². The lowest BCUT2D eigenvalue weighted by Crippen LogP contribution is -2.31. The molecule has 4 nitrogen and oxygen atoms in total. The smallest absolute Gasteiger partial charge is 0.224 e. The first kappa shape index (κ1) is 23.6. The van der Waals surface area contributed by atoms with Crippen molar-refractivity contribution in [1.82, 2.24) is 10.2 Å². The highest BCUT2D eigenvalue weighted by Crippen LogP contribution is 2.20. The molecule has 7 heteroatoms. The third-order valence-corrected chi connectivity index (χ3v) is 5.96. The summed E-state index contributed by atoms with van der Waals surface area (Å²) in [5.41, 5.74) is 3.46. The van der Waals surface area contributed by atoms with E-state index in [1.165, 1.54) is 36.6 Å². The number of nitrogens with one attached hydrogen (secondary N) is 2. The molecule has 2 N–H and O–H groups in total. The third kappa shape index (κ3) is 7.28. The molecule has 1 unspecified atom stereocenters. The zero-order valence-electron chi connectivity index (χ0n) is 15.5. The fourth-order valence-electron chi connectivity index (χ4n) is 3.49. The van der Waals surface area contributed by atoms with Gasteiger partial charge in [0.05, 0.1) is 0 Å². The van der Waals surface area contributed by atoms with Crippen LogP contribution in [0.15, 0.2) is 18.2 Å². The molecule has 0 saturated carbocycles. The molecule has 0 radical (unpaired) electrons. The van der Waals surface area contributed by atoms with E-state index in [0.717, 1.165) is 37.3 Å². The summed E-state index contributed by atoms with van der Waals surface area (Å²) in [5.74, 6) is 3.29. The van der Waals surface area contributed by atoms with Crippen molar-refractivity contribution in [2.45, 2.75) is 32.7 Å². The Bertz CT molecular complexity index is 562. The second kappa shape index (κ2) is 12.1. The number of hydrogen-bond donors (Lipinski definition) is 2. The van der Waals surface area contributed by atoms with Crippen molar-refractivity contribution in [3.63, 3.8) is 0 Å². The average molecular weight is 420 g/mol. The monoisotopic (exact) mass is 419 g/mol. The first-order valence-corrected chi connectivity index (χ1v) is 10.3. The summed E-state index contributed by atoms with van der Waals surface area (Å²) in [7, 11) is 0. The van der Waals surface area contributed by atoms with Gasteiger partial charge in [0.15, 0.2) is 0 Å². The molecule has 0 aliphatic carbocycles. The fourth-order valence-corrected chi connectivity index (χ4v) is 4.47. The SMILES string of the molecule is Cc1cc(CN2CCSCC2)ccc1NC(=O)CCC1CCNC1.Cl.Cl. The minimum atomic E-state index is 0. The van der Waals surface area contributed by atoms with Crippen LogP contribution in [0.3, 0.4) is 0 Å². The number of nitrogens with zero attached hydrogens (tertiary/aromatic N) is 1. The number of amides is 1. The number of thioether (sulfide) groups is 1. The van der Waals surface area contributed by atoms with Gasteiger partial charge in [-0.3, -0.25) is 9.69 Å². The molecule has 2 heterocycles. The average Bonchev–Trinajstić information content (AvgIpc) is 3.10. The number of carbonyl (C=O) groups is 1. The van der Waals surface area contributed by atoms with E-state index in [4.69, 9.17) is 0 Å². The van der Waals surface area contributed by atoms with Crippen LogP contribution in [0.25, 0.3) is 0 Å². The van der Waals surface area contributed by atoms with Crippen LogP contribution in [0.5, 0.6) is 0 Å². The van der Waals surface area contributed by atoms with E-state index in [2.05, 4.69) is 40.7 Å². The van der Waals surface area contributed by atoms with Crippen LogP contribution >= 0.6 is 36.6 Å². The number of aryl methyl sites for hydroxylation is 1. The molecule has 2 aliphatic rings. The maximum atomic E-state index is 12.2. The highest BCUT2D eigenvalue weighted by Gasteiger charge is 2.16. The molecule has 1 amide bonds. The Hall–Kier alpha value is -0.460. The van der Waals surface area contributed by atoms with Crippen LogP contribution in [-0.4, -0.2) is 48.5 Å². The molecule has 2 fully saturated rings. The van der Waals surface area contributed by atoms with E-state index in [1.807, 2.05) is 11.8 Å². The highest BCUT2D eigenvalue weighted by atomic mass is 35.5. The van der Waals surface area contributed by atoms with E-state index in [-0.39, 0.29) is 30.7 Å². The Balaban J connectivity index is 0.00000169. The summed E-state index contributed by atoms with van der Waals surface area (Å²) >= 11 is 2.04. The molecule has 26 heavy (non-hydrogen) atoms. The normalized spacial score (nSPS) is 20.1. The van der Waals surface area contributed by atoms with Gasteiger partial charge in [0.25, 0.3) is 0 Å². The molecule has 0 spiro atoms. The number of benzene rings is 1. The van der Waals surface area contributed by atoms with Crippen LogP contribution < -0.4 is 10.6 Å². The maximum absolute atomic E-state index is 12.2. The molecule has 1 aromatic carbocycles. The minimum absolute atomic E-state index is 0. The summed E-state index contributed by atoms with van der Waals surface area (Å²) in [4.78, 5) is 14.7. The summed E-state index contributed by atoms with van der Waals surface area (Å²) in [6, 6.07) is 6.45. The van der Waals surface area contributed by atoms with Crippen LogP contribution in [0, 0.1) is 12.8 Å². The van der Waals surface area contributed by atoms with Crippen molar-refractivity contribution in [2.24, 2.45) is 5.92 Å². The standard InChI is InChI=1S/C19H29N3OS.2ClH/c1-15-12-17(14-22-8-10-24-11-9-22)2-4-18(15)21-19(23)5-3-16-6-7-20-13-16;;/h2,4,12,16,20H,3,5-11,13-14H2,1H3,(H,21,23);2*1H. The predicted molar refractivity (Wildman–Crippen MR) is 117 cm³/mol. The molecule has 148 valence electrons. The van der Waals surface area contributed by atoms with Crippen molar-refractivity contribution in [1.29, 1.82) is 0 Å². The second-order valence-electron chi connectivity index (χ2n) is 6.98. The zero-order valence-corrected chi connectivity index (χ0v) is 17.9. The molecule has 0 aromatic heterocycles. The largest absolute Gasteiger partial charge is 0.326 e. The predicted octanol–water partition coefficient (Wildman–Crippen LogP) is 3.72. The number of halogens is 2. The van der Waals surface area contributed by atoms with Crippen LogP contribution in [0.1, 0.15) is 30.4 Å². The van der Waals surface area contributed by atoms with Gasteiger partial charge in [-0.1, -0.05) is 12.1 Å². The number of hydrogen-bond acceptors (Lipinski definition) is 4. The fraction of sp³-hybridized carbons (Fsp3) is 0.632. The Kier molecular flexibility index (Phi) is 11.0. The summed E-state index contributed by atoms with van der Waals surface area (Å²) in [5, 5.41) is 6.45. The van der Waals surface area contributed by atoms with E-state index in [0.29, 0.717) is 12.3 Å². The lowest BCUT2D eigenvalue weighted by Gasteiger charge is -2.26. The minimum Gasteiger partial charge on any atom is -0.326 e. The number of anilines is 1. The van der Waals surface area contributed by atoms with Gasteiger partial charge in [-0.05, 0) is 56.0 Å². The van der Waals surface area contributed by atoms with Gasteiger partial charge in [0, 0.05) is 43.2 Å². The topological polar surface area (TPSA) is 44.4 Å². The molecule has 3 rings (SSSR count). The second-order valence-corrected chi connectivity index (χ2v) is 8.21. The van der Waals surface area contributed by atoms with E-state index in [9.17, 15) is 4.79 Å². The molecule has 1 aromatic rings. The molecular formula is C19H31Cl2N3OS. The zero-order chi connectivity index (χ0) is 16.8. The lowest BCUT2D eigenvalue weighted by atomic mass is 10.0. The molecule has 1 atom stereocenters. The molecular weight excluding hydrogens is 389 g/mol. The van der Waals surface area contributed by atoms with Gasteiger partial charge in [0.2, 0.25) is 5.91 Å². The molecule has 2 saturated heterocycles. The Morgan fingerprint density at radius 3 is 2.73 bits per heavy atom. The summed E-state index contributed by atoms with van der Waals surface area (Å²) < 4.78 is 0. The van der Waals surface area contributed by atoms with Crippen LogP contribution in [0.4, 0.5) is 5.69 Å². The van der Waals surface area contributed by atoms with Crippen molar-refractivity contribution in [3.05, 3.63) is 29.3 Å². The van der Waals surface area contributed by atoms with Crippen LogP contribution in [0.2, 0.25) is 0 Å². The Labute approximate surface area is 174 Å². The van der Waals surface area contributed by atoms with Gasteiger partial charge in [0.1, 0.15) is 0 Å². The van der Waals surface area contributed by atoms with Gasteiger partial charge >= 0.3 is 0 Å². The van der Waals surface area contributed by atoms with Gasteiger partial charge in [-0.2, -0.15) is 11.8 Å². The van der Waals surface area contributed by atoms with Crippen molar-refractivity contribution in [2.75, 3.05) is 43.0 Å². The summed E-state index contributed by atoms with van der Waals surface area (Å²) in [6.45, 7) is 7.63. The first-order valence-electron chi connectivity index (χ1n) is 9.11. The van der Waals surface area contributed by atoms with Gasteiger partial charge in [-0.25, -0.2) is 0 Å². The summed E-state index contributed by atoms with van der Waals surface area (Å²) in [6.07, 6.45) is 2.82. The first-order chi connectivity index (χ1) is 11.7. The number of rotatable bonds is 6. The number of carbonyl (C=O) groups excluding carboxylic acids is 1. The quantitative estimate of drug-likeness (QED) is 0.737. The van der Waals surface area contributed by atoms with Crippen molar-refractivity contribution in [3.8, 4) is 0 Å². The lowest BCUT2D eigenvalue weighted by molar-refractivity contribution is -0.116.